The van der Waals surface area contributed by atoms with Crippen LogP contribution in [0.3, 0.4) is 0 Å². The zero-order valence-corrected chi connectivity index (χ0v) is 19.5. The van der Waals surface area contributed by atoms with Gasteiger partial charge in [0.05, 0.1) is 30.4 Å². The van der Waals surface area contributed by atoms with Gasteiger partial charge in [-0.1, -0.05) is 37.7 Å². The van der Waals surface area contributed by atoms with E-state index in [1.165, 1.54) is 23.2 Å². The quantitative estimate of drug-likeness (QED) is 0.375. The first-order chi connectivity index (χ1) is 14.3. The number of carbonyl (C=O) groups is 1. The van der Waals surface area contributed by atoms with E-state index in [2.05, 4.69) is 10.2 Å². The lowest BCUT2D eigenvalue weighted by Crippen LogP contribution is -2.30. The summed E-state index contributed by atoms with van der Waals surface area (Å²) in [6.07, 6.45) is 0. The standard InChI is InChI=1S/C19H28N4O5S2/c1-6-22(7-2)30(25,26)16-10-8-9-15(11-16)18-20-21-19(29-13-17(24)28-5)23(18)14(3)12-27-4/h8-11,14H,6-7,12-13H2,1-5H3. The third-order valence-electron chi connectivity index (χ3n) is 4.50. The lowest BCUT2D eigenvalue weighted by molar-refractivity contribution is -0.137. The van der Waals surface area contributed by atoms with Crippen molar-refractivity contribution in [3.05, 3.63) is 24.3 Å². The molecule has 2 aromatic rings. The molecule has 9 nitrogen and oxygen atoms in total. The van der Waals surface area contributed by atoms with Gasteiger partial charge in [-0.25, -0.2) is 8.42 Å². The second-order valence-corrected chi connectivity index (χ2v) is 9.34. The summed E-state index contributed by atoms with van der Waals surface area (Å²) in [5.41, 5.74) is 0.614. The van der Waals surface area contributed by atoms with Crippen LogP contribution in [0.4, 0.5) is 0 Å². The maximum atomic E-state index is 12.9. The number of nitrogens with zero attached hydrogens (tertiary/aromatic N) is 4. The first kappa shape index (κ1) is 24.3. The van der Waals surface area contributed by atoms with Gasteiger partial charge in [-0.05, 0) is 19.1 Å². The van der Waals surface area contributed by atoms with E-state index < -0.39 is 10.0 Å². The highest BCUT2D eigenvalue weighted by Gasteiger charge is 2.24. The Balaban J connectivity index is 2.50. The molecule has 0 saturated heterocycles. The van der Waals surface area contributed by atoms with Crippen molar-refractivity contribution in [1.82, 2.24) is 19.1 Å². The highest BCUT2D eigenvalue weighted by molar-refractivity contribution is 7.99. The summed E-state index contributed by atoms with van der Waals surface area (Å²) in [6.45, 7) is 6.72. The minimum atomic E-state index is -3.61. The SMILES string of the molecule is CCN(CC)S(=O)(=O)c1cccc(-c2nnc(SCC(=O)OC)n2C(C)COC)c1. The molecule has 0 bridgehead atoms. The maximum absolute atomic E-state index is 12.9. The van der Waals surface area contributed by atoms with Crippen LogP contribution in [-0.4, -0.2) is 73.1 Å². The molecule has 11 heteroatoms. The fourth-order valence-electron chi connectivity index (χ4n) is 2.98. The lowest BCUT2D eigenvalue weighted by Gasteiger charge is -2.19. The van der Waals surface area contributed by atoms with Crippen LogP contribution >= 0.6 is 11.8 Å². The second kappa shape index (κ2) is 10.9. The molecular weight excluding hydrogens is 428 g/mol. The molecule has 1 aromatic heterocycles. The third kappa shape index (κ3) is 5.39. The molecule has 0 fully saturated rings. The molecule has 2 rings (SSSR count). The molecule has 0 aliphatic heterocycles. The number of methoxy groups -OCH3 is 2. The lowest BCUT2D eigenvalue weighted by atomic mass is 10.2. The Bertz CT molecular complexity index is 958. The second-order valence-electron chi connectivity index (χ2n) is 6.46. The number of thioether (sulfide) groups is 1. The van der Waals surface area contributed by atoms with Crippen molar-refractivity contribution in [3.63, 3.8) is 0 Å². The molecule has 0 amide bonds. The number of rotatable bonds is 11. The molecular formula is C19H28N4O5S2. The van der Waals surface area contributed by atoms with E-state index in [4.69, 9.17) is 9.47 Å². The van der Waals surface area contributed by atoms with Crippen LogP contribution in [0.1, 0.15) is 26.8 Å². The monoisotopic (exact) mass is 456 g/mol. The number of hydrogen-bond donors (Lipinski definition) is 0. The van der Waals surface area contributed by atoms with Gasteiger partial charge < -0.3 is 9.47 Å². The van der Waals surface area contributed by atoms with Gasteiger partial charge in [-0.15, -0.1) is 10.2 Å². The third-order valence-corrected chi connectivity index (χ3v) is 7.46. The van der Waals surface area contributed by atoms with Gasteiger partial charge in [0.25, 0.3) is 0 Å². The van der Waals surface area contributed by atoms with Crippen molar-refractivity contribution in [1.29, 1.82) is 0 Å². The minimum absolute atomic E-state index is 0.0880. The number of aromatic nitrogens is 3. The van der Waals surface area contributed by atoms with Crippen molar-refractivity contribution >= 4 is 27.8 Å². The predicted octanol–water partition coefficient (Wildman–Crippen LogP) is 2.45. The summed E-state index contributed by atoms with van der Waals surface area (Å²) in [6, 6.07) is 6.51. The van der Waals surface area contributed by atoms with Gasteiger partial charge in [0.15, 0.2) is 11.0 Å². The van der Waals surface area contributed by atoms with E-state index in [9.17, 15) is 13.2 Å². The number of carbonyl (C=O) groups excluding carboxylic acids is 1. The van der Waals surface area contributed by atoms with Crippen LogP contribution in [0.5, 0.6) is 0 Å². The molecule has 166 valence electrons. The van der Waals surface area contributed by atoms with Gasteiger partial charge in [0.2, 0.25) is 10.0 Å². The average Bonchev–Trinajstić information content (AvgIpc) is 3.17. The molecule has 1 aromatic carbocycles. The van der Waals surface area contributed by atoms with Crippen molar-refractivity contribution < 1.29 is 22.7 Å². The van der Waals surface area contributed by atoms with Crippen LogP contribution in [0.2, 0.25) is 0 Å². The van der Waals surface area contributed by atoms with E-state index in [0.717, 1.165) is 0 Å². The van der Waals surface area contributed by atoms with E-state index in [1.54, 1.807) is 45.2 Å². The number of ether oxygens (including phenoxy) is 2. The van der Waals surface area contributed by atoms with Crippen LogP contribution in [0.25, 0.3) is 11.4 Å². The Morgan fingerprint density at radius 3 is 2.53 bits per heavy atom. The van der Waals surface area contributed by atoms with Crippen molar-refractivity contribution in [2.24, 2.45) is 0 Å². The van der Waals surface area contributed by atoms with Crippen LogP contribution in [-0.2, 0) is 24.3 Å². The van der Waals surface area contributed by atoms with Crippen LogP contribution < -0.4 is 0 Å². The molecule has 1 atom stereocenters. The normalized spacial score (nSPS) is 12.9. The van der Waals surface area contributed by atoms with Crippen LogP contribution in [0, 0.1) is 0 Å². The first-order valence-electron chi connectivity index (χ1n) is 9.54. The highest BCUT2D eigenvalue weighted by Crippen LogP contribution is 2.30. The van der Waals surface area contributed by atoms with Gasteiger partial charge in [0, 0.05) is 25.8 Å². The summed E-state index contributed by atoms with van der Waals surface area (Å²) in [5.74, 6) is 0.219. The largest absolute Gasteiger partial charge is 0.468 e. The van der Waals surface area contributed by atoms with Crippen molar-refractivity contribution in [2.45, 2.75) is 36.9 Å². The van der Waals surface area contributed by atoms with Crippen LogP contribution in [0.15, 0.2) is 34.3 Å². The predicted molar refractivity (Wildman–Crippen MR) is 115 cm³/mol. The fourth-order valence-corrected chi connectivity index (χ4v) is 5.35. The van der Waals surface area contributed by atoms with Gasteiger partial charge in [-0.3, -0.25) is 9.36 Å². The molecule has 0 spiro atoms. The molecule has 0 radical (unpaired) electrons. The minimum Gasteiger partial charge on any atom is -0.468 e. The summed E-state index contributed by atoms with van der Waals surface area (Å²) in [5, 5.41) is 9.02. The smallest absolute Gasteiger partial charge is 0.316 e. The van der Waals surface area contributed by atoms with E-state index in [0.29, 0.717) is 36.2 Å². The van der Waals surface area contributed by atoms with E-state index >= 15 is 0 Å². The number of hydrogen-bond acceptors (Lipinski definition) is 8. The summed E-state index contributed by atoms with van der Waals surface area (Å²) >= 11 is 1.20. The zero-order chi connectivity index (χ0) is 22.3. The van der Waals surface area contributed by atoms with Gasteiger partial charge in [-0.2, -0.15) is 4.31 Å². The van der Waals surface area contributed by atoms with Gasteiger partial charge in [0.1, 0.15) is 0 Å². The van der Waals surface area contributed by atoms with Crippen molar-refractivity contribution in [2.75, 3.05) is 39.7 Å². The van der Waals surface area contributed by atoms with E-state index in [1.807, 2.05) is 11.5 Å². The Morgan fingerprint density at radius 1 is 1.23 bits per heavy atom. The molecule has 0 aliphatic carbocycles. The molecule has 1 heterocycles. The molecule has 0 saturated carbocycles. The Kier molecular flexibility index (Phi) is 8.83. The van der Waals surface area contributed by atoms with Crippen molar-refractivity contribution in [3.8, 4) is 11.4 Å². The Labute approximate surface area is 181 Å². The molecule has 1 unspecified atom stereocenters. The zero-order valence-electron chi connectivity index (χ0n) is 17.9. The number of sulfonamides is 1. The highest BCUT2D eigenvalue weighted by atomic mass is 32.2. The summed E-state index contributed by atoms with van der Waals surface area (Å²) in [4.78, 5) is 11.7. The number of benzene rings is 1. The Morgan fingerprint density at radius 2 is 1.93 bits per heavy atom. The maximum Gasteiger partial charge on any atom is 0.316 e. The number of esters is 1. The van der Waals surface area contributed by atoms with Gasteiger partial charge >= 0.3 is 5.97 Å². The van der Waals surface area contributed by atoms with E-state index in [-0.39, 0.29) is 22.7 Å². The average molecular weight is 457 g/mol. The summed E-state index contributed by atoms with van der Waals surface area (Å²) in [7, 11) is -0.684. The molecule has 0 aliphatic rings. The fraction of sp³-hybridized carbons (Fsp3) is 0.526. The first-order valence-corrected chi connectivity index (χ1v) is 12.0. The Hall–Kier alpha value is -1.95. The topological polar surface area (TPSA) is 104 Å². The molecule has 30 heavy (non-hydrogen) atoms. The summed E-state index contributed by atoms with van der Waals surface area (Å²) < 4.78 is 39.1. The molecule has 0 N–H and O–H groups in total.